The minimum atomic E-state index is -3.35. The summed E-state index contributed by atoms with van der Waals surface area (Å²) >= 11 is 19.2. The quantitative estimate of drug-likeness (QED) is 0.629. The summed E-state index contributed by atoms with van der Waals surface area (Å²) in [6.45, 7) is 1.89. The zero-order valence-electron chi connectivity index (χ0n) is 15.6. The largest absolute Gasteiger partial charge is 0.476 e. The fraction of sp³-hybridized carbons (Fsp3) is 0.333. The monoisotopic (exact) mass is 477 g/mol. The summed E-state index contributed by atoms with van der Waals surface area (Å²) in [5.74, 6) is -0.113. The second-order valence-electron chi connectivity index (χ2n) is 6.57. The number of nitrogens with zero attached hydrogens (tertiary/aromatic N) is 2. The summed E-state index contributed by atoms with van der Waals surface area (Å²) in [5.41, 5.74) is 1.16. The average molecular weight is 479 g/mol. The van der Waals surface area contributed by atoms with Crippen molar-refractivity contribution in [2.75, 3.05) is 24.3 Å². The minimum absolute atomic E-state index is 0.0101. The van der Waals surface area contributed by atoms with Crippen molar-refractivity contribution in [2.45, 2.75) is 19.4 Å². The van der Waals surface area contributed by atoms with Gasteiger partial charge in [0.15, 0.2) is 5.78 Å². The predicted octanol–water partition coefficient (Wildman–Crippen LogP) is 4.08. The van der Waals surface area contributed by atoms with Crippen LogP contribution in [0.2, 0.25) is 15.1 Å². The molecular weight excluding hydrogens is 461 g/mol. The molecule has 0 bridgehead atoms. The van der Waals surface area contributed by atoms with E-state index >= 15 is 0 Å². The molecule has 0 radical (unpaired) electrons. The number of pyridine rings is 1. The zero-order valence-corrected chi connectivity index (χ0v) is 18.7. The van der Waals surface area contributed by atoms with E-state index in [0.29, 0.717) is 21.4 Å². The highest BCUT2D eigenvalue weighted by Crippen LogP contribution is 2.48. The summed E-state index contributed by atoms with van der Waals surface area (Å²) < 4.78 is 30.3. The lowest BCUT2D eigenvalue weighted by molar-refractivity contribution is 0.0965. The number of nitrogens with one attached hydrogen (secondary N) is 1. The molecule has 7 nitrogen and oxygen atoms in total. The van der Waals surface area contributed by atoms with Crippen LogP contribution in [-0.2, 0) is 10.0 Å². The fourth-order valence-corrected chi connectivity index (χ4v) is 4.43. The Morgan fingerprint density at radius 3 is 2.48 bits per heavy atom. The highest BCUT2D eigenvalue weighted by molar-refractivity contribution is 7.88. The Hall–Kier alpha value is -1.58. The molecule has 1 aliphatic rings. The lowest BCUT2D eigenvalue weighted by Crippen LogP contribution is -2.37. The molecule has 1 atom stereocenters. The van der Waals surface area contributed by atoms with Gasteiger partial charge in [0.2, 0.25) is 15.9 Å². The average Bonchev–Trinajstić information content (AvgIpc) is 2.61. The second kappa shape index (κ2) is 8.65. The summed E-state index contributed by atoms with van der Waals surface area (Å²) in [5, 5.41) is 1.08. The van der Waals surface area contributed by atoms with Gasteiger partial charge in [0.05, 0.1) is 38.9 Å². The number of aromatic nitrogens is 1. The number of carbonyl (C=O) groups is 1. The van der Waals surface area contributed by atoms with Crippen molar-refractivity contribution < 1.29 is 17.9 Å². The molecule has 0 saturated carbocycles. The summed E-state index contributed by atoms with van der Waals surface area (Å²) in [7, 11) is -3.35. The van der Waals surface area contributed by atoms with Crippen LogP contribution in [0.3, 0.4) is 0 Å². The van der Waals surface area contributed by atoms with Gasteiger partial charge in [-0.3, -0.25) is 4.79 Å². The Labute approximate surface area is 184 Å². The number of ketones is 1. The topological polar surface area (TPSA) is 88.6 Å². The Morgan fingerprint density at radius 1 is 1.21 bits per heavy atom. The van der Waals surface area contributed by atoms with E-state index in [2.05, 4.69) is 9.71 Å². The molecular formula is C18H18Cl3N3O4S. The van der Waals surface area contributed by atoms with E-state index in [-0.39, 0.29) is 47.9 Å². The minimum Gasteiger partial charge on any atom is -0.476 e. The van der Waals surface area contributed by atoms with Crippen LogP contribution in [0.1, 0.15) is 23.7 Å². The van der Waals surface area contributed by atoms with Crippen LogP contribution in [0.5, 0.6) is 5.88 Å². The molecule has 1 N–H and O–H groups in total. The second-order valence-corrected chi connectivity index (χ2v) is 9.62. The molecule has 2 heterocycles. The molecule has 11 heteroatoms. The van der Waals surface area contributed by atoms with Crippen molar-refractivity contribution in [3.63, 3.8) is 0 Å². The Bertz CT molecular complexity index is 1040. The number of hydrogen-bond acceptors (Lipinski definition) is 6. The maximum absolute atomic E-state index is 12.8. The first-order chi connectivity index (χ1) is 13.6. The van der Waals surface area contributed by atoms with Gasteiger partial charge in [-0.05, 0) is 19.1 Å². The van der Waals surface area contributed by atoms with E-state index in [1.165, 1.54) is 6.20 Å². The first-order valence-electron chi connectivity index (χ1n) is 8.62. The third-order valence-corrected chi connectivity index (χ3v) is 5.91. The van der Waals surface area contributed by atoms with E-state index in [9.17, 15) is 13.2 Å². The van der Waals surface area contributed by atoms with Gasteiger partial charge < -0.3 is 9.64 Å². The maximum atomic E-state index is 12.8. The van der Waals surface area contributed by atoms with Crippen LogP contribution in [0.4, 0.5) is 11.4 Å². The van der Waals surface area contributed by atoms with Crippen LogP contribution in [0.15, 0.2) is 24.4 Å². The number of ether oxygens (including phenoxy) is 1. The maximum Gasteiger partial charge on any atom is 0.226 e. The number of rotatable bonds is 6. The van der Waals surface area contributed by atoms with Crippen LogP contribution < -0.4 is 14.4 Å². The van der Waals surface area contributed by atoms with Crippen molar-refractivity contribution in [3.05, 3.63) is 45.0 Å². The fourth-order valence-electron chi connectivity index (χ4n) is 3.17. The third kappa shape index (κ3) is 4.78. The van der Waals surface area contributed by atoms with Crippen molar-refractivity contribution in [1.82, 2.24) is 9.71 Å². The lowest BCUT2D eigenvalue weighted by atomic mass is 9.95. The van der Waals surface area contributed by atoms with E-state index in [1.54, 1.807) is 18.2 Å². The SMILES string of the molecule is CC1CC(=O)c2c(OCCNS(C)(=O)=O)ncc(Cl)c2N1c1c(Cl)cccc1Cl. The smallest absolute Gasteiger partial charge is 0.226 e. The number of sulfonamides is 1. The van der Waals surface area contributed by atoms with Gasteiger partial charge in [-0.15, -0.1) is 0 Å². The third-order valence-electron chi connectivity index (χ3n) is 4.30. The number of benzene rings is 1. The van der Waals surface area contributed by atoms with Crippen molar-refractivity contribution >= 4 is 62.0 Å². The number of carbonyl (C=O) groups excluding carboxylic acids is 1. The van der Waals surface area contributed by atoms with Gasteiger partial charge in [0.1, 0.15) is 12.2 Å². The Balaban J connectivity index is 2.04. The predicted molar refractivity (Wildman–Crippen MR) is 115 cm³/mol. The zero-order chi connectivity index (χ0) is 21.3. The highest BCUT2D eigenvalue weighted by Gasteiger charge is 2.36. The number of fused-ring (bicyclic) bond motifs is 1. The van der Waals surface area contributed by atoms with Gasteiger partial charge in [-0.2, -0.15) is 0 Å². The van der Waals surface area contributed by atoms with Gasteiger partial charge in [0.25, 0.3) is 0 Å². The molecule has 1 aliphatic heterocycles. The summed E-state index contributed by atoms with van der Waals surface area (Å²) in [4.78, 5) is 18.8. The molecule has 0 amide bonds. The Morgan fingerprint density at radius 2 is 1.86 bits per heavy atom. The first kappa shape index (κ1) is 22.1. The molecule has 2 aromatic rings. The van der Waals surface area contributed by atoms with Crippen molar-refractivity contribution in [3.8, 4) is 5.88 Å². The first-order valence-corrected chi connectivity index (χ1v) is 11.6. The number of hydrogen-bond donors (Lipinski definition) is 1. The normalized spacial score (nSPS) is 16.7. The van der Waals surface area contributed by atoms with Crippen molar-refractivity contribution in [2.24, 2.45) is 0 Å². The van der Waals surface area contributed by atoms with Gasteiger partial charge in [-0.1, -0.05) is 40.9 Å². The van der Waals surface area contributed by atoms with Crippen LogP contribution >= 0.6 is 34.8 Å². The van der Waals surface area contributed by atoms with Gasteiger partial charge in [-0.25, -0.2) is 18.1 Å². The molecule has 156 valence electrons. The molecule has 1 unspecified atom stereocenters. The van der Waals surface area contributed by atoms with Gasteiger partial charge in [0, 0.05) is 19.0 Å². The molecule has 29 heavy (non-hydrogen) atoms. The highest BCUT2D eigenvalue weighted by atomic mass is 35.5. The lowest BCUT2D eigenvalue weighted by Gasteiger charge is -2.38. The molecule has 1 aromatic carbocycles. The van der Waals surface area contributed by atoms with Crippen LogP contribution in [0, 0.1) is 0 Å². The van der Waals surface area contributed by atoms with E-state index in [1.807, 2.05) is 11.8 Å². The molecule has 0 saturated heterocycles. The van der Waals surface area contributed by atoms with E-state index in [0.717, 1.165) is 6.26 Å². The molecule has 0 fully saturated rings. The van der Waals surface area contributed by atoms with E-state index in [4.69, 9.17) is 39.5 Å². The molecule has 0 spiro atoms. The molecule has 3 rings (SSSR count). The molecule has 0 aliphatic carbocycles. The number of para-hydroxylation sites is 1. The van der Waals surface area contributed by atoms with Crippen molar-refractivity contribution in [1.29, 1.82) is 0 Å². The number of anilines is 2. The van der Waals surface area contributed by atoms with Gasteiger partial charge >= 0.3 is 0 Å². The van der Waals surface area contributed by atoms with E-state index < -0.39 is 10.0 Å². The summed E-state index contributed by atoms with van der Waals surface area (Å²) in [6, 6.07) is 4.88. The number of Topliss-reactive ketones (excluding diaryl/α,β-unsaturated/α-hetero) is 1. The summed E-state index contributed by atoms with van der Waals surface area (Å²) in [6.07, 6.45) is 2.60. The number of halogens is 3. The standard InChI is InChI=1S/C18H18Cl3N3O4S/c1-10-8-14(25)15-17(24(10)16-11(19)4-3-5-12(16)20)13(21)9-22-18(15)28-7-6-23-29(2,26)27/h3-5,9-10,23H,6-8H2,1-2H3. The Kier molecular flexibility index (Phi) is 6.60. The van der Waals surface area contributed by atoms with Crippen LogP contribution in [0.25, 0.3) is 0 Å². The molecule has 1 aromatic heterocycles. The van der Waals surface area contributed by atoms with Crippen LogP contribution in [-0.4, -0.2) is 44.6 Å².